The Bertz CT molecular complexity index is 1130. The zero-order valence-corrected chi connectivity index (χ0v) is 24.8. The van der Waals surface area contributed by atoms with Gasteiger partial charge in [0.05, 0.1) is 0 Å². The van der Waals surface area contributed by atoms with E-state index in [4.69, 9.17) is 4.74 Å². The number of hydrogen-bond donors (Lipinski definition) is 2. The Balaban J connectivity index is 1.42. The molecule has 0 bridgehead atoms. The smallest absolute Gasteiger partial charge is 0.318 e. The lowest BCUT2D eigenvalue weighted by atomic mass is 10.0. The Morgan fingerprint density at radius 1 is 0.878 bits per heavy atom. The molecule has 0 spiro atoms. The third kappa shape index (κ3) is 9.51. The number of likely N-dealkylation sites (N-methyl/N-ethyl adjacent to an activating group) is 1. The Morgan fingerprint density at radius 3 is 2.15 bits per heavy atom. The van der Waals surface area contributed by atoms with E-state index in [2.05, 4.69) is 10.6 Å². The predicted octanol–water partition coefficient (Wildman–Crippen LogP) is 4.91. The van der Waals surface area contributed by atoms with Crippen molar-refractivity contribution in [2.45, 2.75) is 89.9 Å². The fourth-order valence-electron chi connectivity index (χ4n) is 5.28. The van der Waals surface area contributed by atoms with E-state index in [1.165, 1.54) is 0 Å². The van der Waals surface area contributed by atoms with Gasteiger partial charge in [-0.05, 0) is 61.3 Å². The van der Waals surface area contributed by atoms with Gasteiger partial charge < -0.3 is 25.2 Å². The molecule has 41 heavy (non-hydrogen) atoms. The van der Waals surface area contributed by atoms with E-state index in [1.54, 1.807) is 4.90 Å². The van der Waals surface area contributed by atoms with E-state index >= 15 is 0 Å². The third-order valence-corrected chi connectivity index (χ3v) is 7.88. The van der Waals surface area contributed by atoms with Crippen molar-refractivity contribution < 1.29 is 19.1 Å². The van der Waals surface area contributed by atoms with E-state index in [1.807, 2.05) is 80.4 Å². The van der Waals surface area contributed by atoms with Crippen LogP contribution in [-0.2, 0) is 22.6 Å². The van der Waals surface area contributed by atoms with Crippen molar-refractivity contribution in [2.24, 2.45) is 5.92 Å². The van der Waals surface area contributed by atoms with Crippen LogP contribution >= 0.6 is 0 Å². The second kappa shape index (κ2) is 14.9. The minimum atomic E-state index is -0.728. The summed E-state index contributed by atoms with van der Waals surface area (Å²) < 4.78 is 5.92. The zero-order chi connectivity index (χ0) is 29.2. The van der Waals surface area contributed by atoms with Gasteiger partial charge in [-0.1, -0.05) is 69.2 Å². The molecule has 2 atom stereocenters. The summed E-state index contributed by atoms with van der Waals surface area (Å²) in [5, 5.41) is 6.01. The van der Waals surface area contributed by atoms with Gasteiger partial charge in [-0.3, -0.25) is 9.59 Å². The largest absolute Gasteiger partial charge is 0.489 e. The Labute approximate surface area is 244 Å². The van der Waals surface area contributed by atoms with Crippen LogP contribution in [0, 0.1) is 5.92 Å². The molecule has 1 saturated heterocycles. The minimum Gasteiger partial charge on any atom is -0.489 e. The van der Waals surface area contributed by atoms with Crippen LogP contribution in [0.3, 0.4) is 0 Å². The molecule has 2 aromatic rings. The lowest BCUT2D eigenvalue weighted by Gasteiger charge is -2.29. The van der Waals surface area contributed by atoms with Crippen LogP contribution in [0.4, 0.5) is 4.79 Å². The first kappa shape index (κ1) is 30.4. The SMILES string of the molecule is CC(C)C[C@H](NC(=O)N1CCCCCC1)C(=O)N[C@@H](Cc1ccc(OCc2ccccc2)cc1)C(=O)N(C)C1CC1. The first-order valence-corrected chi connectivity index (χ1v) is 15.2. The Hall–Kier alpha value is -3.55. The lowest BCUT2D eigenvalue weighted by Crippen LogP contribution is -2.56. The van der Waals surface area contributed by atoms with Crippen molar-refractivity contribution >= 4 is 17.8 Å². The van der Waals surface area contributed by atoms with Crippen LogP contribution in [0.15, 0.2) is 54.6 Å². The Kier molecular flexibility index (Phi) is 11.0. The van der Waals surface area contributed by atoms with E-state index < -0.39 is 12.1 Å². The lowest BCUT2D eigenvalue weighted by molar-refractivity contribution is -0.136. The van der Waals surface area contributed by atoms with Gasteiger partial charge in [-0.2, -0.15) is 0 Å². The summed E-state index contributed by atoms with van der Waals surface area (Å²) in [5.41, 5.74) is 2.01. The van der Waals surface area contributed by atoms with Gasteiger partial charge in [0, 0.05) is 32.6 Å². The number of benzene rings is 2. The highest BCUT2D eigenvalue weighted by Gasteiger charge is 2.35. The van der Waals surface area contributed by atoms with E-state index in [0.717, 1.165) is 55.4 Å². The molecule has 4 amide bonds. The van der Waals surface area contributed by atoms with Gasteiger partial charge in [0.2, 0.25) is 11.8 Å². The molecule has 222 valence electrons. The molecule has 0 unspecified atom stereocenters. The highest BCUT2D eigenvalue weighted by molar-refractivity contribution is 5.92. The molecule has 1 aliphatic heterocycles. The highest BCUT2D eigenvalue weighted by atomic mass is 16.5. The Morgan fingerprint density at radius 2 is 1.54 bits per heavy atom. The number of carbonyl (C=O) groups excluding carboxylic acids is 3. The maximum absolute atomic E-state index is 13.6. The molecule has 0 radical (unpaired) electrons. The molecule has 2 N–H and O–H groups in total. The van der Waals surface area contributed by atoms with Gasteiger partial charge in [-0.15, -0.1) is 0 Å². The maximum Gasteiger partial charge on any atom is 0.318 e. The monoisotopic (exact) mass is 562 g/mol. The molecule has 2 aromatic carbocycles. The number of hydrogen-bond acceptors (Lipinski definition) is 4. The summed E-state index contributed by atoms with van der Waals surface area (Å²) in [6.07, 6.45) is 7.03. The fraction of sp³-hybridized carbons (Fsp3) is 0.545. The molecular weight excluding hydrogens is 516 g/mol. The first-order valence-electron chi connectivity index (χ1n) is 15.2. The molecule has 8 heteroatoms. The minimum absolute atomic E-state index is 0.104. The van der Waals surface area contributed by atoms with Crippen LogP contribution < -0.4 is 15.4 Å². The van der Waals surface area contributed by atoms with Crippen molar-refractivity contribution in [1.29, 1.82) is 0 Å². The second-order valence-corrected chi connectivity index (χ2v) is 11.9. The predicted molar refractivity (Wildman–Crippen MR) is 160 cm³/mol. The summed E-state index contributed by atoms with van der Waals surface area (Å²) in [5.74, 6) is 0.523. The van der Waals surface area contributed by atoms with Crippen molar-refractivity contribution in [3.63, 3.8) is 0 Å². The van der Waals surface area contributed by atoms with E-state index in [0.29, 0.717) is 32.5 Å². The van der Waals surface area contributed by atoms with Crippen molar-refractivity contribution in [3.8, 4) is 5.75 Å². The number of amides is 4. The molecule has 2 fully saturated rings. The number of carbonyl (C=O) groups is 3. The van der Waals surface area contributed by atoms with Crippen LogP contribution in [0.5, 0.6) is 5.75 Å². The van der Waals surface area contributed by atoms with Gasteiger partial charge in [0.15, 0.2) is 0 Å². The van der Waals surface area contributed by atoms with Crippen molar-refractivity contribution in [3.05, 3.63) is 65.7 Å². The maximum atomic E-state index is 13.6. The molecular formula is C33H46N4O4. The van der Waals surface area contributed by atoms with Crippen molar-refractivity contribution in [1.82, 2.24) is 20.4 Å². The number of nitrogens with one attached hydrogen (secondary N) is 2. The van der Waals surface area contributed by atoms with Crippen LogP contribution in [0.25, 0.3) is 0 Å². The zero-order valence-electron chi connectivity index (χ0n) is 24.8. The van der Waals surface area contributed by atoms with Crippen LogP contribution in [-0.4, -0.2) is 65.9 Å². The van der Waals surface area contributed by atoms with Crippen LogP contribution in [0.2, 0.25) is 0 Å². The van der Waals surface area contributed by atoms with Crippen molar-refractivity contribution in [2.75, 3.05) is 20.1 Å². The average Bonchev–Trinajstić information content (AvgIpc) is 3.83. The summed E-state index contributed by atoms with van der Waals surface area (Å²) in [6, 6.07) is 16.3. The molecule has 4 rings (SSSR count). The molecule has 2 aliphatic rings. The molecule has 1 saturated carbocycles. The number of nitrogens with zero attached hydrogens (tertiary/aromatic N) is 2. The average molecular weight is 563 g/mol. The second-order valence-electron chi connectivity index (χ2n) is 11.9. The normalized spacial score (nSPS) is 16.8. The van der Waals surface area contributed by atoms with Gasteiger partial charge >= 0.3 is 6.03 Å². The van der Waals surface area contributed by atoms with Crippen LogP contribution in [0.1, 0.15) is 69.9 Å². The number of ether oxygens (including phenoxy) is 1. The van der Waals surface area contributed by atoms with Gasteiger partial charge in [0.1, 0.15) is 24.4 Å². The number of likely N-dealkylation sites (tertiary alicyclic amines) is 1. The highest BCUT2D eigenvalue weighted by Crippen LogP contribution is 2.26. The van der Waals surface area contributed by atoms with E-state index in [9.17, 15) is 14.4 Å². The molecule has 8 nitrogen and oxygen atoms in total. The van der Waals surface area contributed by atoms with Gasteiger partial charge in [0.25, 0.3) is 0 Å². The summed E-state index contributed by atoms with van der Waals surface area (Å²) in [7, 11) is 1.81. The standard InChI is InChI=1S/C33H46N4O4/c1-24(2)21-29(35-33(40)37-19-9-4-5-10-20-37)31(38)34-30(32(39)36(3)27-15-16-27)22-25-13-17-28(18-14-25)41-23-26-11-7-6-8-12-26/h6-8,11-14,17-18,24,27,29-30H,4-5,9-10,15-16,19-23H2,1-3H3,(H,34,38)(H,35,40)/t29-,30-/m0/s1. The molecule has 0 aromatic heterocycles. The summed E-state index contributed by atoms with van der Waals surface area (Å²) in [4.78, 5) is 43.8. The molecule has 1 aliphatic carbocycles. The third-order valence-electron chi connectivity index (χ3n) is 7.88. The fourth-order valence-corrected chi connectivity index (χ4v) is 5.28. The van der Waals surface area contributed by atoms with Gasteiger partial charge in [-0.25, -0.2) is 4.79 Å². The summed E-state index contributed by atoms with van der Waals surface area (Å²) >= 11 is 0. The topological polar surface area (TPSA) is 91.0 Å². The number of urea groups is 1. The summed E-state index contributed by atoms with van der Waals surface area (Å²) in [6.45, 7) is 5.96. The van der Waals surface area contributed by atoms with E-state index in [-0.39, 0.29) is 29.8 Å². The first-order chi connectivity index (χ1) is 19.8. The number of rotatable bonds is 12. The molecule has 1 heterocycles. The quantitative estimate of drug-likeness (QED) is 0.385.